The average Bonchev–Trinajstić information content (AvgIpc) is 2.80. The minimum Gasteiger partial charge on any atom is -0.497 e. The van der Waals surface area contributed by atoms with Crippen molar-refractivity contribution in [1.82, 2.24) is 9.80 Å². The van der Waals surface area contributed by atoms with Crippen LogP contribution in [0.4, 0.5) is 10.5 Å². The summed E-state index contributed by atoms with van der Waals surface area (Å²) in [5, 5.41) is 2.91. The van der Waals surface area contributed by atoms with Gasteiger partial charge in [0.05, 0.1) is 19.3 Å². The van der Waals surface area contributed by atoms with Gasteiger partial charge < -0.3 is 19.7 Å². The fourth-order valence-electron chi connectivity index (χ4n) is 3.38. The lowest BCUT2D eigenvalue weighted by molar-refractivity contribution is 0.0499. The molecule has 0 saturated carbocycles. The van der Waals surface area contributed by atoms with Gasteiger partial charge in [0, 0.05) is 38.4 Å². The van der Waals surface area contributed by atoms with E-state index in [2.05, 4.69) is 22.3 Å². The Morgan fingerprint density at radius 2 is 1.65 bits per heavy atom. The molecular formula is C24H31N3O4. The first-order chi connectivity index (χ1) is 15.1. The number of methoxy groups -OCH3 is 1. The molecule has 2 aromatic carbocycles. The van der Waals surface area contributed by atoms with Gasteiger partial charge in [-0.3, -0.25) is 4.90 Å². The monoisotopic (exact) mass is 425 g/mol. The molecule has 7 heteroatoms. The number of piperazine rings is 1. The van der Waals surface area contributed by atoms with Crippen LogP contribution in [0.2, 0.25) is 0 Å². The molecule has 3 rings (SSSR count). The summed E-state index contributed by atoms with van der Waals surface area (Å²) in [4.78, 5) is 28.7. The maximum atomic E-state index is 12.6. The van der Waals surface area contributed by atoms with Crippen molar-refractivity contribution in [2.75, 3.05) is 45.2 Å². The van der Waals surface area contributed by atoms with Crippen molar-refractivity contribution in [3.63, 3.8) is 0 Å². The summed E-state index contributed by atoms with van der Waals surface area (Å²) in [5.41, 5.74) is 2.38. The average molecular weight is 426 g/mol. The van der Waals surface area contributed by atoms with E-state index in [-0.39, 0.29) is 12.0 Å². The highest BCUT2D eigenvalue weighted by Crippen LogP contribution is 2.15. The molecule has 166 valence electrons. The lowest BCUT2D eigenvalue weighted by Crippen LogP contribution is -2.49. The molecule has 1 aliphatic heterocycles. The van der Waals surface area contributed by atoms with Crippen molar-refractivity contribution in [2.24, 2.45) is 0 Å². The summed E-state index contributed by atoms with van der Waals surface area (Å²) in [6.07, 6.45) is 1.83. The highest BCUT2D eigenvalue weighted by Gasteiger charge is 2.21. The molecule has 0 aliphatic carbocycles. The van der Waals surface area contributed by atoms with Crippen molar-refractivity contribution in [2.45, 2.75) is 26.3 Å². The highest BCUT2D eigenvalue weighted by molar-refractivity contribution is 5.92. The smallest absolute Gasteiger partial charge is 0.338 e. The molecular weight excluding hydrogens is 394 g/mol. The van der Waals surface area contributed by atoms with Gasteiger partial charge in [-0.2, -0.15) is 0 Å². The Morgan fingerprint density at radius 1 is 0.968 bits per heavy atom. The third-order valence-corrected chi connectivity index (χ3v) is 5.33. The molecule has 2 aromatic rings. The van der Waals surface area contributed by atoms with E-state index < -0.39 is 0 Å². The standard InChI is InChI=1S/C24H31N3O4/c1-3-4-17-31-23(28)20-7-9-21(10-8-20)25-24(29)27-15-13-26(14-16-27)18-19-5-11-22(30-2)12-6-19/h5-12H,3-4,13-18H2,1-2H3,(H,25,29). The van der Waals surface area contributed by atoms with Crippen LogP contribution in [0.5, 0.6) is 5.75 Å². The number of carbonyl (C=O) groups excluding carboxylic acids is 2. The number of urea groups is 1. The largest absolute Gasteiger partial charge is 0.497 e. The minimum atomic E-state index is -0.334. The number of nitrogens with one attached hydrogen (secondary N) is 1. The van der Waals surface area contributed by atoms with E-state index in [1.54, 1.807) is 31.4 Å². The number of hydrogen-bond acceptors (Lipinski definition) is 5. The molecule has 0 atom stereocenters. The van der Waals surface area contributed by atoms with Crippen molar-refractivity contribution in [3.8, 4) is 5.75 Å². The van der Waals surface area contributed by atoms with Gasteiger partial charge in [-0.05, 0) is 48.4 Å². The second kappa shape index (κ2) is 11.4. The molecule has 1 N–H and O–H groups in total. The van der Waals surface area contributed by atoms with Gasteiger partial charge in [0.1, 0.15) is 5.75 Å². The molecule has 7 nitrogen and oxygen atoms in total. The normalized spacial score (nSPS) is 14.2. The van der Waals surface area contributed by atoms with E-state index in [0.717, 1.165) is 38.2 Å². The lowest BCUT2D eigenvalue weighted by atomic mass is 10.2. The first-order valence-corrected chi connectivity index (χ1v) is 10.8. The lowest BCUT2D eigenvalue weighted by Gasteiger charge is -2.34. The zero-order chi connectivity index (χ0) is 22.1. The summed E-state index contributed by atoms with van der Waals surface area (Å²) in [6, 6.07) is 14.8. The van der Waals surface area contributed by atoms with Crippen molar-refractivity contribution in [1.29, 1.82) is 0 Å². The van der Waals surface area contributed by atoms with E-state index in [1.165, 1.54) is 5.56 Å². The molecule has 1 aliphatic rings. The predicted molar refractivity (Wildman–Crippen MR) is 120 cm³/mol. The zero-order valence-electron chi connectivity index (χ0n) is 18.3. The van der Waals surface area contributed by atoms with Crippen molar-refractivity contribution >= 4 is 17.7 Å². The number of rotatable bonds is 8. The minimum absolute atomic E-state index is 0.123. The molecule has 0 bridgehead atoms. The van der Waals surface area contributed by atoms with Crippen LogP contribution in [0, 0.1) is 0 Å². The first kappa shape index (κ1) is 22.6. The van der Waals surface area contributed by atoms with E-state index in [4.69, 9.17) is 9.47 Å². The number of ether oxygens (including phenoxy) is 2. The van der Waals surface area contributed by atoms with E-state index >= 15 is 0 Å². The van der Waals surface area contributed by atoms with Gasteiger partial charge in [0.15, 0.2) is 0 Å². The van der Waals surface area contributed by atoms with Gasteiger partial charge >= 0.3 is 12.0 Å². The fourth-order valence-corrected chi connectivity index (χ4v) is 3.38. The highest BCUT2D eigenvalue weighted by atomic mass is 16.5. The maximum absolute atomic E-state index is 12.6. The quantitative estimate of drug-likeness (QED) is 0.511. The Labute approximate surface area is 183 Å². The Morgan fingerprint density at radius 3 is 2.26 bits per heavy atom. The third-order valence-electron chi connectivity index (χ3n) is 5.33. The second-order valence-electron chi connectivity index (χ2n) is 7.61. The number of benzene rings is 2. The van der Waals surface area contributed by atoms with Crippen LogP contribution in [0.1, 0.15) is 35.7 Å². The topological polar surface area (TPSA) is 71.1 Å². The van der Waals surface area contributed by atoms with Crippen LogP contribution in [0.15, 0.2) is 48.5 Å². The van der Waals surface area contributed by atoms with E-state index in [1.807, 2.05) is 24.0 Å². The van der Waals surface area contributed by atoms with Crippen LogP contribution in [-0.4, -0.2) is 61.7 Å². The number of unbranched alkanes of at least 4 members (excludes halogenated alkanes) is 1. The van der Waals surface area contributed by atoms with Crippen LogP contribution < -0.4 is 10.1 Å². The summed E-state index contributed by atoms with van der Waals surface area (Å²) >= 11 is 0. The predicted octanol–water partition coefficient (Wildman–Crippen LogP) is 4.00. The number of amides is 2. The van der Waals surface area contributed by atoms with Gasteiger partial charge in [-0.25, -0.2) is 9.59 Å². The summed E-state index contributed by atoms with van der Waals surface area (Å²) in [7, 11) is 1.66. The maximum Gasteiger partial charge on any atom is 0.338 e. The molecule has 0 unspecified atom stereocenters. The number of anilines is 1. The summed E-state index contributed by atoms with van der Waals surface area (Å²) in [6.45, 7) is 6.32. The molecule has 0 spiro atoms. The number of nitrogens with zero attached hydrogens (tertiary/aromatic N) is 2. The Kier molecular flexibility index (Phi) is 8.29. The van der Waals surface area contributed by atoms with Crippen molar-refractivity contribution < 1.29 is 19.1 Å². The van der Waals surface area contributed by atoms with Gasteiger partial charge in [0.2, 0.25) is 0 Å². The van der Waals surface area contributed by atoms with Crippen LogP contribution in [0.3, 0.4) is 0 Å². The Hall–Kier alpha value is -3.06. The van der Waals surface area contributed by atoms with Crippen molar-refractivity contribution in [3.05, 3.63) is 59.7 Å². The molecule has 0 aromatic heterocycles. The summed E-state index contributed by atoms with van der Waals surface area (Å²) in [5.74, 6) is 0.519. The molecule has 31 heavy (non-hydrogen) atoms. The summed E-state index contributed by atoms with van der Waals surface area (Å²) < 4.78 is 10.4. The van der Waals surface area contributed by atoms with Gasteiger partial charge in [-0.15, -0.1) is 0 Å². The molecule has 2 amide bonds. The van der Waals surface area contributed by atoms with Crippen LogP contribution in [0.25, 0.3) is 0 Å². The van der Waals surface area contributed by atoms with Gasteiger partial charge in [-0.1, -0.05) is 25.5 Å². The van der Waals surface area contributed by atoms with Crippen LogP contribution in [-0.2, 0) is 11.3 Å². The Balaban J connectivity index is 1.43. The number of carbonyl (C=O) groups is 2. The van der Waals surface area contributed by atoms with Crippen LogP contribution >= 0.6 is 0 Å². The molecule has 1 saturated heterocycles. The fraction of sp³-hybridized carbons (Fsp3) is 0.417. The molecule has 1 fully saturated rings. The number of esters is 1. The first-order valence-electron chi connectivity index (χ1n) is 10.8. The van der Waals surface area contributed by atoms with E-state index in [0.29, 0.717) is 30.9 Å². The molecule has 0 radical (unpaired) electrons. The Bertz CT molecular complexity index is 844. The SMILES string of the molecule is CCCCOC(=O)c1ccc(NC(=O)N2CCN(Cc3ccc(OC)cc3)CC2)cc1. The zero-order valence-corrected chi connectivity index (χ0v) is 18.3. The van der Waals surface area contributed by atoms with Gasteiger partial charge in [0.25, 0.3) is 0 Å². The van der Waals surface area contributed by atoms with E-state index in [9.17, 15) is 9.59 Å². The second-order valence-corrected chi connectivity index (χ2v) is 7.61. The number of hydrogen-bond donors (Lipinski definition) is 1. The third kappa shape index (κ3) is 6.72. The molecule has 1 heterocycles.